The molecule has 0 radical (unpaired) electrons. The van der Waals surface area contributed by atoms with E-state index in [0.717, 1.165) is 50.5 Å². The molecule has 1 fully saturated rings. The molecule has 3 nitrogen and oxygen atoms in total. The van der Waals surface area contributed by atoms with Crippen LogP contribution in [-0.4, -0.2) is 24.7 Å². The van der Waals surface area contributed by atoms with E-state index < -0.39 is 5.54 Å². The topological polar surface area (TPSA) is 38.3 Å². The van der Waals surface area contributed by atoms with Crippen LogP contribution in [0.15, 0.2) is 0 Å². The zero-order valence-corrected chi connectivity index (χ0v) is 12.4. The molecule has 0 unspecified atom stereocenters. The molecule has 106 valence electrons. The van der Waals surface area contributed by atoms with Gasteiger partial charge in [-0.1, -0.05) is 20.8 Å². The Morgan fingerprint density at radius 3 is 2.39 bits per heavy atom. The minimum Gasteiger partial charge on any atom is -0.465 e. The molecule has 1 saturated carbocycles. The maximum atomic E-state index is 12.2. The van der Waals surface area contributed by atoms with E-state index in [1.54, 1.807) is 0 Å². The van der Waals surface area contributed by atoms with Gasteiger partial charge in [-0.15, -0.1) is 0 Å². The van der Waals surface area contributed by atoms with Crippen LogP contribution in [-0.2, 0) is 9.53 Å². The highest BCUT2D eigenvalue weighted by Gasteiger charge is 2.42. The van der Waals surface area contributed by atoms with Crippen LogP contribution < -0.4 is 5.32 Å². The van der Waals surface area contributed by atoms with Gasteiger partial charge in [0.05, 0.1) is 6.61 Å². The van der Waals surface area contributed by atoms with Crippen molar-refractivity contribution in [3.05, 3.63) is 0 Å². The predicted molar refractivity (Wildman–Crippen MR) is 74.5 cm³/mol. The highest BCUT2D eigenvalue weighted by Crippen LogP contribution is 2.36. The first-order chi connectivity index (χ1) is 8.55. The number of carbonyl (C=O) groups excluding carboxylic acids is 1. The predicted octanol–water partition coefficient (Wildman–Crippen LogP) is 3.13. The summed E-state index contributed by atoms with van der Waals surface area (Å²) >= 11 is 0. The van der Waals surface area contributed by atoms with Gasteiger partial charge in [0, 0.05) is 0 Å². The van der Waals surface area contributed by atoms with Crippen molar-refractivity contribution in [2.45, 2.75) is 65.3 Å². The molecule has 0 amide bonds. The van der Waals surface area contributed by atoms with E-state index in [9.17, 15) is 4.79 Å². The zero-order valence-electron chi connectivity index (χ0n) is 12.4. The standard InChI is InChI=1S/C15H29NO2/c1-5-11-16-15(14(17)18-6-2)9-7-13(8-10-15)12(3)4/h12-13,16H,5-11H2,1-4H3. The minimum absolute atomic E-state index is 0.0411. The SMILES string of the molecule is CCCNC1(C(=O)OCC)CCC(C(C)C)CC1. The van der Waals surface area contributed by atoms with E-state index in [1.807, 2.05) is 6.92 Å². The van der Waals surface area contributed by atoms with E-state index in [-0.39, 0.29) is 5.97 Å². The molecule has 1 aliphatic carbocycles. The molecule has 0 bridgehead atoms. The number of hydrogen-bond donors (Lipinski definition) is 1. The van der Waals surface area contributed by atoms with E-state index in [2.05, 4.69) is 26.1 Å². The van der Waals surface area contributed by atoms with Crippen molar-refractivity contribution in [1.82, 2.24) is 5.32 Å². The molecule has 0 aliphatic heterocycles. The zero-order chi connectivity index (χ0) is 13.6. The summed E-state index contributed by atoms with van der Waals surface area (Å²) in [7, 11) is 0. The molecule has 0 saturated heterocycles. The normalized spacial score (nSPS) is 28.4. The Labute approximate surface area is 112 Å². The van der Waals surface area contributed by atoms with E-state index in [4.69, 9.17) is 4.74 Å². The van der Waals surface area contributed by atoms with Gasteiger partial charge in [-0.3, -0.25) is 4.79 Å². The molecule has 1 N–H and O–H groups in total. The first-order valence-electron chi connectivity index (χ1n) is 7.48. The highest BCUT2D eigenvalue weighted by atomic mass is 16.5. The summed E-state index contributed by atoms with van der Waals surface area (Å²) in [5.41, 5.74) is -0.405. The lowest BCUT2D eigenvalue weighted by Gasteiger charge is -2.40. The second-order valence-electron chi connectivity index (χ2n) is 5.81. The maximum Gasteiger partial charge on any atom is 0.326 e. The van der Waals surface area contributed by atoms with Crippen molar-refractivity contribution in [1.29, 1.82) is 0 Å². The average Bonchev–Trinajstić information content (AvgIpc) is 2.37. The molecule has 1 aliphatic rings. The molecule has 0 heterocycles. The minimum atomic E-state index is -0.405. The van der Waals surface area contributed by atoms with Gasteiger partial charge in [0.2, 0.25) is 0 Å². The van der Waals surface area contributed by atoms with Gasteiger partial charge in [-0.05, 0) is 57.4 Å². The maximum absolute atomic E-state index is 12.2. The first-order valence-corrected chi connectivity index (χ1v) is 7.48. The first kappa shape index (κ1) is 15.5. The van der Waals surface area contributed by atoms with Crippen LogP contribution in [0.5, 0.6) is 0 Å². The van der Waals surface area contributed by atoms with E-state index in [1.165, 1.54) is 0 Å². The van der Waals surface area contributed by atoms with Crippen LogP contribution in [0.2, 0.25) is 0 Å². The van der Waals surface area contributed by atoms with Crippen molar-refractivity contribution in [2.24, 2.45) is 11.8 Å². The van der Waals surface area contributed by atoms with Crippen LogP contribution in [0.4, 0.5) is 0 Å². The van der Waals surface area contributed by atoms with Gasteiger partial charge in [0.15, 0.2) is 0 Å². The second-order valence-corrected chi connectivity index (χ2v) is 5.81. The summed E-state index contributed by atoms with van der Waals surface area (Å²) in [5, 5.41) is 3.45. The third-order valence-electron chi connectivity index (χ3n) is 4.21. The fourth-order valence-corrected chi connectivity index (χ4v) is 2.89. The largest absolute Gasteiger partial charge is 0.465 e. The Kier molecular flexibility index (Phi) is 6.13. The number of hydrogen-bond acceptors (Lipinski definition) is 3. The summed E-state index contributed by atoms with van der Waals surface area (Å²) < 4.78 is 5.28. The molecular formula is C15H29NO2. The molecule has 3 heteroatoms. The molecule has 0 aromatic heterocycles. The summed E-state index contributed by atoms with van der Waals surface area (Å²) in [6.07, 6.45) is 5.17. The Balaban J connectivity index is 2.66. The van der Waals surface area contributed by atoms with Crippen LogP contribution in [0.1, 0.15) is 59.8 Å². The van der Waals surface area contributed by atoms with Crippen molar-refractivity contribution in [2.75, 3.05) is 13.2 Å². The molecule has 0 aromatic rings. The number of esters is 1. The van der Waals surface area contributed by atoms with Crippen LogP contribution in [0.3, 0.4) is 0 Å². The average molecular weight is 255 g/mol. The number of ether oxygens (including phenoxy) is 1. The Hall–Kier alpha value is -0.570. The van der Waals surface area contributed by atoms with E-state index in [0.29, 0.717) is 6.61 Å². The molecule has 0 spiro atoms. The lowest BCUT2D eigenvalue weighted by molar-refractivity contribution is -0.153. The highest BCUT2D eigenvalue weighted by molar-refractivity contribution is 5.81. The van der Waals surface area contributed by atoms with Crippen molar-refractivity contribution in [3.63, 3.8) is 0 Å². The summed E-state index contributed by atoms with van der Waals surface area (Å²) in [6.45, 7) is 9.94. The Bertz CT molecular complexity index is 255. The number of nitrogens with one attached hydrogen (secondary N) is 1. The Morgan fingerprint density at radius 1 is 1.33 bits per heavy atom. The number of rotatable bonds is 6. The second kappa shape index (κ2) is 7.13. The molecule has 1 rings (SSSR count). The fraction of sp³-hybridized carbons (Fsp3) is 0.933. The van der Waals surface area contributed by atoms with Crippen LogP contribution in [0.25, 0.3) is 0 Å². The molecule has 18 heavy (non-hydrogen) atoms. The van der Waals surface area contributed by atoms with Crippen molar-refractivity contribution in [3.8, 4) is 0 Å². The summed E-state index contributed by atoms with van der Waals surface area (Å²) in [4.78, 5) is 12.2. The molecular weight excluding hydrogens is 226 g/mol. The van der Waals surface area contributed by atoms with E-state index >= 15 is 0 Å². The van der Waals surface area contributed by atoms with Gasteiger partial charge in [0.25, 0.3) is 0 Å². The summed E-state index contributed by atoms with van der Waals surface area (Å²) in [6, 6.07) is 0. The third-order valence-corrected chi connectivity index (χ3v) is 4.21. The third kappa shape index (κ3) is 3.71. The van der Waals surface area contributed by atoms with Gasteiger partial charge >= 0.3 is 5.97 Å². The van der Waals surface area contributed by atoms with Crippen molar-refractivity contribution < 1.29 is 9.53 Å². The van der Waals surface area contributed by atoms with Crippen molar-refractivity contribution >= 4 is 5.97 Å². The van der Waals surface area contributed by atoms with Gasteiger partial charge in [-0.2, -0.15) is 0 Å². The Morgan fingerprint density at radius 2 is 1.94 bits per heavy atom. The van der Waals surface area contributed by atoms with Gasteiger partial charge < -0.3 is 10.1 Å². The van der Waals surface area contributed by atoms with Gasteiger partial charge in [-0.25, -0.2) is 0 Å². The van der Waals surface area contributed by atoms with Crippen LogP contribution >= 0.6 is 0 Å². The monoisotopic (exact) mass is 255 g/mol. The summed E-state index contributed by atoms with van der Waals surface area (Å²) in [5.74, 6) is 1.44. The van der Waals surface area contributed by atoms with Crippen LogP contribution in [0, 0.1) is 11.8 Å². The quantitative estimate of drug-likeness (QED) is 0.741. The molecule has 0 atom stereocenters. The lowest BCUT2D eigenvalue weighted by Crippen LogP contribution is -2.55. The van der Waals surface area contributed by atoms with Gasteiger partial charge in [0.1, 0.15) is 5.54 Å². The lowest BCUT2D eigenvalue weighted by atomic mass is 9.72. The smallest absolute Gasteiger partial charge is 0.326 e. The fourth-order valence-electron chi connectivity index (χ4n) is 2.89. The number of carbonyl (C=O) groups is 1. The molecule has 0 aromatic carbocycles.